The second kappa shape index (κ2) is 7.38. The summed E-state index contributed by atoms with van der Waals surface area (Å²) in [6.45, 7) is 1.92. The van der Waals surface area contributed by atoms with Crippen LogP contribution in [0.25, 0.3) is 28.5 Å². The molecule has 1 aliphatic rings. The molecule has 0 atom stereocenters. The van der Waals surface area contributed by atoms with Gasteiger partial charge in [0.1, 0.15) is 5.41 Å². The van der Waals surface area contributed by atoms with Crippen LogP contribution in [-0.4, -0.2) is 20.0 Å². The van der Waals surface area contributed by atoms with Gasteiger partial charge in [-0.05, 0) is 50.1 Å². The van der Waals surface area contributed by atoms with E-state index >= 15 is 0 Å². The maximum absolute atomic E-state index is 9.43. The first-order valence-electron chi connectivity index (χ1n) is 9.48. The summed E-state index contributed by atoms with van der Waals surface area (Å²) in [7, 11) is 0. The van der Waals surface area contributed by atoms with Crippen molar-refractivity contribution in [3.05, 3.63) is 69.0 Å². The lowest BCUT2D eigenvalue weighted by atomic mass is 10.1. The molecule has 0 amide bonds. The molecule has 6 nitrogen and oxygen atoms in total. The van der Waals surface area contributed by atoms with Gasteiger partial charge in [0, 0.05) is 21.2 Å². The molecule has 0 unspecified atom stereocenters. The SMILES string of the molecule is Cc1c(-c2nnc(C3(C#N)CC3)o2)nn(-c2ccc(Cl)cc2Cl)c1-c1ccc(Cl)cc1. The molecule has 0 bridgehead atoms. The zero-order chi connectivity index (χ0) is 21.8. The van der Waals surface area contributed by atoms with Crippen LogP contribution < -0.4 is 0 Å². The molecule has 2 aromatic heterocycles. The highest BCUT2D eigenvalue weighted by Gasteiger charge is 2.50. The van der Waals surface area contributed by atoms with Crippen molar-refractivity contribution in [2.45, 2.75) is 25.2 Å². The van der Waals surface area contributed by atoms with Gasteiger partial charge in [-0.2, -0.15) is 10.4 Å². The van der Waals surface area contributed by atoms with Crippen LogP contribution in [0.3, 0.4) is 0 Å². The lowest BCUT2D eigenvalue weighted by Gasteiger charge is -2.11. The van der Waals surface area contributed by atoms with Gasteiger partial charge in [0.05, 0.1) is 22.5 Å². The fraction of sp³-hybridized carbons (Fsp3) is 0.182. The van der Waals surface area contributed by atoms with E-state index in [0.717, 1.165) is 29.7 Å². The highest BCUT2D eigenvalue weighted by atomic mass is 35.5. The molecule has 2 heterocycles. The summed E-state index contributed by atoms with van der Waals surface area (Å²) >= 11 is 18.7. The minimum Gasteiger partial charge on any atom is -0.417 e. The van der Waals surface area contributed by atoms with E-state index in [1.807, 2.05) is 31.2 Å². The normalized spacial score (nSPS) is 14.4. The van der Waals surface area contributed by atoms with Crippen LogP contribution in [0.2, 0.25) is 15.1 Å². The molecule has 0 spiro atoms. The van der Waals surface area contributed by atoms with Crippen LogP contribution in [0.4, 0.5) is 0 Å². The Morgan fingerprint density at radius 2 is 1.74 bits per heavy atom. The van der Waals surface area contributed by atoms with E-state index in [0.29, 0.717) is 32.3 Å². The molecule has 0 aliphatic heterocycles. The van der Waals surface area contributed by atoms with E-state index in [2.05, 4.69) is 16.3 Å². The Bertz CT molecular complexity index is 1350. The fourth-order valence-electron chi connectivity index (χ4n) is 3.48. The molecule has 0 N–H and O–H groups in total. The number of nitrogens with zero attached hydrogens (tertiary/aromatic N) is 5. The number of rotatable bonds is 4. The Kier molecular flexibility index (Phi) is 4.78. The number of hydrogen-bond acceptors (Lipinski definition) is 5. The highest BCUT2D eigenvalue weighted by molar-refractivity contribution is 6.35. The first kappa shape index (κ1) is 20.1. The minimum atomic E-state index is -0.666. The topological polar surface area (TPSA) is 80.5 Å². The number of aromatic nitrogens is 4. The Morgan fingerprint density at radius 1 is 1.03 bits per heavy atom. The van der Waals surface area contributed by atoms with Gasteiger partial charge in [-0.1, -0.05) is 46.9 Å². The monoisotopic (exact) mass is 469 g/mol. The molecular weight excluding hydrogens is 457 g/mol. The first-order chi connectivity index (χ1) is 14.9. The Balaban J connectivity index is 1.71. The van der Waals surface area contributed by atoms with Gasteiger partial charge < -0.3 is 4.42 Å². The van der Waals surface area contributed by atoms with Crippen LogP contribution in [0.5, 0.6) is 0 Å². The fourth-order valence-corrected chi connectivity index (χ4v) is 4.10. The molecular formula is C22H14Cl3N5O. The van der Waals surface area contributed by atoms with Crippen molar-refractivity contribution >= 4 is 34.8 Å². The van der Waals surface area contributed by atoms with Crippen molar-refractivity contribution < 1.29 is 4.42 Å². The summed E-state index contributed by atoms with van der Waals surface area (Å²) in [4.78, 5) is 0. The van der Waals surface area contributed by atoms with Crippen molar-refractivity contribution in [3.63, 3.8) is 0 Å². The third-order valence-corrected chi connectivity index (χ3v) is 6.17. The van der Waals surface area contributed by atoms with Crippen LogP contribution >= 0.6 is 34.8 Å². The number of halogens is 3. The standard InChI is InChI=1S/C22H14Cl3N5O/c1-12-18(20-27-28-21(31-20)22(11-26)8-9-22)29-30(17-7-6-15(24)10-16(17)25)19(12)13-2-4-14(23)5-3-13/h2-7,10H,8-9H2,1H3. The molecule has 1 saturated carbocycles. The minimum absolute atomic E-state index is 0.257. The van der Waals surface area contributed by atoms with Crippen molar-refractivity contribution in [2.24, 2.45) is 0 Å². The molecule has 1 aliphatic carbocycles. The van der Waals surface area contributed by atoms with Crippen LogP contribution in [-0.2, 0) is 5.41 Å². The maximum atomic E-state index is 9.43. The van der Waals surface area contributed by atoms with E-state index < -0.39 is 5.41 Å². The van der Waals surface area contributed by atoms with Gasteiger partial charge in [0.15, 0.2) is 5.69 Å². The summed E-state index contributed by atoms with van der Waals surface area (Å²) in [6.07, 6.45) is 1.43. The van der Waals surface area contributed by atoms with Crippen LogP contribution in [0.15, 0.2) is 46.9 Å². The molecule has 9 heteroatoms. The molecule has 0 saturated heterocycles. The number of nitriles is 1. The van der Waals surface area contributed by atoms with Crippen molar-refractivity contribution in [1.29, 1.82) is 5.26 Å². The second-order valence-corrected chi connectivity index (χ2v) is 8.72. The molecule has 1 fully saturated rings. The first-order valence-corrected chi connectivity index (χ1v) is 10.6. The predicted octanol–water partition coefficient (Wildman–Crippen LogP) is 6.41. The second-order valence-electron chi connectivity index (χ2n) is 7.44. The summed E-state index contributed by atoms with van der Waals surface area (Å²) in [5, 5.41) is 24.1. The summed E-state index contributed by atoms with van der Waals surface area (Å²) < 4.78 is 7.61. The van der Waals surface area contributed by atoms with E-state index in [4.69, 9.17) is 44.3 Å². The third kappa shape index (κ3) is 3.39. The largest absolute Gasteiger partial charge is 0.417 e. The molecule has 154 valence electrons. The Hall–Kier alpha value is -2.85. The number of hydrogen-bond donors (Lipinski definition) is 0. The average Bonchev–Trinajstić information content (AvgIpc) is 3.27. The van der Waals surface area contributed by atoms with E-state index in [9.17, 15) is 5.26 Å². The zero-order valence-corrected chi connectivity index (χ0v) is 18.5. The maximum Gasteiger partial charge on any atom is 0.268 e. The Morgan fingerprint density at radius 3 is 2.39 bits per heavy atom. The van der Waals surface area contributed by atoms with Crippen molar-refractivity contribution in [2.75, 3.05) is 0 Å². The average molecular weight is 471 g/mol. The zero-order valence-electron chi connectivity index (χ0n) is 16.2. The lowest BCUT2D eigenvalue weighted by Crippen LogP contribution is -2.02. The highest BCUT2D eigenvalue weighted by Crippen LogP contribution is 2.47. The molecule has 0 radical (unpaired) electrons. The van der Waals surface area contributed by atoms with Gasteiger partial charge in [-0.25, -0.2) is 4.68 Å². The summed E-state index contributed by atoms with van der Waals surface area (Å²) in [5.74, 6) is 0.588. The number of benzene rings is 2. The van der Waals surface area contributed by atoms with Gasteiger partial charge in [-0.15, -0.1) is 10.2 Å². The lowest BCUT2D eigenvalue weighted by molar-refractivity contribution is 0.479. The van der Waals surface area contributed by atoms with Crippen LogP contribution in [0.1, 0.15) is 24.3 Å². The van der Waals surface area contributed by atoms with Crippen molar-refractivity contribution in [1.82, 2.24) is 20.0 Å². The molecule has 2 aromatic carbocycles. The van der Waals surface area contributed by atoms with E-state index in [1.165, 1.54) is 0 Å². The van der Waals surface area contributed by atoms with Gasteiger partial charge in [0.25, 0.3) is 5.89 Å². The summed E-state index contributed by atoms with van der Waals surface area (Å²) in [6, 6.07) is 14.9. The van der Waals surface area contributed by atoms with E-state index in [1.54, 1.807) is 22.9 Å². The quantitative estimate of drug-likeness (QED) is 0.344. The molecule has 4 aromatic rings. The Labute approximate surface area is 193 Å². The summed E-state index contributed by atoms with van der Waals surface area (Å²) in [5.41, 5.74) is 3.02. The van der Waals surface area contributed by atoms with E-state index in [-0.39, 0.29) is 5.89 Å². The predicted molar refractivity (Wildman–Crippen MR) is 119 cm³/mol. The van der Waals surface area contributed by atoms with Gasteiger partial charge >= 0.3 is 0 Å². The van der Waals surface area contributed by atoms with Gasteiger partial charge in [-0.3, -0.25) is 0 Å². The van der Waals surface area contributed by atoms with Gasteiger partial charge in [0.2, 0.25) is 5.89 Å². The molecule has 5 rings (SSSR count). The van der Waals surface area contributed by atoms with Crippen molar-refractivity contribution in [3.8, 4) is 34.6 Å². The molecule has 31 heavy (non-hydrogen) atoms. The third-order valence-electron chi connectivity index (χ3n) is 5.38. The smallest absolute Gasteiger partial charge is 0.268 e. The van der Waals surface area contributed by atoms with Crippen LogP contribution in [0, 0.1) is 18.3 Å².